The Morgan fingerprint density at radius 2 is 2.00 bits per heavy atom. The van der Waals surface area contributed by atoms with E-state index < -0.39 is 23.3 Å². The Morgan fingerprint density at radius 3 is 2.55 bits per heavy atom. The monoisotopic (exact) mass is 320 g/mol. The van der Waals surface area contributed by atoms with Gasteiger partial charge in [0.15, 0.2) is 0 Å². The maximum atomic E-state index is 12.9. The summed E-state index contributed by atoms with van der Waals surface area (Å²) in [5.74, 6) is -0.726. The van der Waals surface area contributed by atoms with Crippen LogP contribution in [0.4, 0.5) is 24.5 Å². The van der Waals surface area contributed by atoms with Gasteiger partial charge in [-0.25, -0.2) is 0 Å². The van der Waals surface area contributed by atoms with Gasteiger partial charge in [-0.15, -0.1) is 11.3 Å². The Morgan fingerprint density at radius 1 is 1.30 bits per heavy atom. The van der Waals surface area contributed by atoms with Crippen molar-refractivity contribution in [2.24, 2.45) is 0 Å². The summed E-state index contributed by atoms with van der Waals surface area (Å²) in [5.41, 5.74) is 4.27. The lowest BCUT2D eigenvalue weighted by Crippen LogP contribution is -2.17. The summed E-state index contributed by atoms with van der Waals surface area (Å²) in [7, 11) is 0. The van der Waals surface area contributed by atoms with Gasteiger partial charge < -0.3 is 11.1 Å². The number of alkyl halides is 3. The first kappa shape index (κ1) is 14.7. The van der Waals surface area contributed by atoms with Crippen molar-refractivity contribution in [3.63, 3.8) is 0 Å². The van der Waals surface area contributed by atoms with Crippen molar-refractivity contribution in [1.82, 2.24) is 0 Å². The van der Waals surface area contributed by atoms with Crippen molar-refractivity contribution < 1.29 is 18.0 Å². The average Bonchev–Trinajstić information content (AvgIpc) is 2.76. The number of hydrogen-bond acceptors (Lipinski definition) is 3. The first-order valence-corrected chi connectivity index (χ1v) is 6.56. The number of benzene rings is 1. The minimum atomic E-state index is -4.62. The van der Waals surface area contributed by atoms with Gasteiger partial charge >= 0.3 is 6.18 Å². The minimum Gasteiger partial charge on any atom is -0.397 e. The molecular weight excluding hydrogens is 313 g/mol. The molecule has 2 aromatic rings. The lowest BCUT2D eigenvalue weighted by molar-refractivity contribution is -0.136. The second-order valence-corrected chi connectivity index (χ2v) is 5.14. The maximum Gasteiger partial charge on any atom is 0.418 e. The number of nitrogens with one attached hydrogen (secondary N) is 1. The quantitative estimate of drug-likeness (QED) is 0.869. The predicted molar refractivity (Wildman–Crippen MR) is 73.1 cm³/mol. The molecule has 3 N–H and O–H groups in total. The molecule has 3 nitrogen and oxygen atoms in total. The molecule has 0 aliphatic rings. The number of carbonyl (C=O) groups excluding carboxylic acids is 1. The molecule has 20 heavy (non-hydrogen) atoms. The van der Waals surface area contributed by atoms with E-state index in [-0.39, 0.29) is 15.6 Å². The van der Waals surface area contributed by atoms with E-state index in [1.54, 1.807) is 5.38 Å². The van der Waals surface area contributed by atoms with E-state index in [4.69, 9.17) is 17.3 Å². The molecule has 0 bridgehead atoms. The number of nitrogen functional groups attached to an aromatic ring is 1. The molecule has 0 saturated carbocycles. The SMILES string of the molecule is Nc1ccsc1C(=O)Nc1c(Cl)cccc1C(F)(F)F. The molecule has 2 rings (SSSR count). The highest BCUT2D eigenvalue weighted by atomic mass is 35.5. The van der Waals surface area contributed by atoms with E-state index in [0.717, 1.165) is 17.4 Å². The Kier molecular flexibility index (Phi) is 3.92. The van der Waals surface area contributed by atoms with Crippen LogP contribution in [0.5, 0.6) is 0 Å². The zero-order valence-electron chi connectivity index (χ0n) is 9.79. The number of rotatable bonds is 2. The van der Waals surface area contributed by atoms with Crippen LogP contribution in [-0.2, 0) is 6.18 Å². The molecule has 0 fully saturated rings. The second kappa shape index (κ2) is 5.34. The summed E-state index contributed by atoms with van der Waals surface area (Å²) < 4.78 is 38.6. The van der Waals surface area contributed by atoms with Gasteiger partial charge in [0.05, 0.1) is 22.0 Å². The Hall–Kier alpha value is -1.73. The minimum absolute atomic E-state index is 0.137. The number of anilines is 2. The largest absolute Gasteiger partial charge is 0.418 e. The van der Waals surface area contributed by atoms with E-state index in [0.29, 0.717) is 0 Å². The summed E-state index contributed by atoms with van der Waals surface area (Å²) in [5, 5.41) is 3.55. The fourth-order valence-corrected chi connectivity index (χ4v) is 2.50. The number of hydrogen-bond donors (Lipinski definition) is 2. The predicted octanol–water partition coefficient (Wildman–Crippen LogP) is 4.25. The molecule has 0 radical (unpaired) electrons. The molecule has 0 atom stereocenters. The fourth-order valence-electron chi connectivity index (χ4n) is 1.56. The third-order valence-electron chi connectivity index (χ3n) is 2.46. The maximum absolute atomic E-state index is 12.9. The highest BCUT2D eigenvalue weighted by molar-refractivity contribution is 7.12. The molecule has 0 unspecified atom stereocenters. The Bertz CT molecular complexity index is 654. The molecule has 0 spiro atoms. The summed E-state index contributed by atoms with van der Waals surface area (Å²) in [4.78, 5) is 12.1. The molecule has 1 heterocycles. The van der Waals surface area contributed by atoms with Gasteiger partial charge in [-0.3, -0.25) is 4.79 Å². The normalized spacial score (nSPS) is 11.4. The first-order chi connectivity index (χ1) is 9.30. The standard InChI is InChI=1S/C12H8ClF3N2OS/c13-7-3-1-2-6(12(14,15)16)9(7)18-11(19)10-8(17)4-5-20-10/h1-5H,17H2,(H,18,19). The molecular formula is C12H8ClF3N2OS. The lowest BCUT2D eigenvalue weighted by atomic mass is 10.1. The van der Waals surface area contributed by atoms with Crippen molar-refractivity contribution in [2.45, 2.75) is 6.18 Å². The van der Waals surface area contributed by atoms with E-state index in [9.17, 15) is 18.0 Å². The van der Waals surface area contributed by atoms with Gasteiger partial charge in [0.1, 0.15) is 4.88 Å². The van der Waals surface area contributed by atoms with E-state index in [1.807, 2.05) is 0 Å². The molecule has 0 saturated heterocycles. The van der Waals surface area contributed by atoms with Crippen LogP contribution in [0.1, 0.15) is 15.2 Å². The second-order valence-electron chi connectivity index (χ2n) is 3.82. The number of halogens is 4. The van der Waals surface area contributed by atoms with Gasteiger partial charge in [0.25, 0.3) is 5.91 Å². The summed E-state index contributed by atoms with van der Waals surface area (Å²) in [6.07, 6.45) is -4.62. The molecule has 1 aromatic heterocycles. The summed E-state index contributed by atoms with van der Waals surface area (Å²) in [6.45, 7) is 0. The fraction of sp³-hybridized carbons (Fsp3) is 0.0833. The number of nitrogens with two attached hydrogens (primary N) is 1. The van der Waals surface area contributed by atoms with Crippen LogP contribution in [0.3, 0.4) is 0 Å². The smallest absolute Gasteiger partial charge is 0.397 e. The van der Waals surface area contributed by atoms with Crippen LogP contribution >= 0.6 is 22.9 Å². The van der Waals surface area contributed by atoms with E-state index in [2.05, 4.69) is 5.32 Å². The molecule has 106 valence electrons. The molecule has 0 aliphatic heterocycles. The first-order valence-electron chi connectivity index (χ1n) is 5.30. The molecule has 1 amide bonds. The van der Waals surface area contributed by atoms with Crippen LogP contribution in [0, 0.1) is 0 Å². The summed E-state index contributed by atoms with van der Waals surface area (Å²) >= 11 is 6.77. The van der Waals surface area contributed by atoms with Gasteiger partial charge in [-0.1, -0.05) is 17.7 Å². The van der Waals surface area contributed by atoms with Gasteiger partial charge in [0.2, 0.25) is 0 Å². The third-order valence-corrected chi connectivity index (χ3v) is 3.70. The van der Waals surface area contributed by atoms with E-state index in [1.165, 1.54) is 18.2 Å². The van der Waals surface area contributed by atoms with Crippen molar-refractivity contribution in [1.29, 1.82) is 0 Å². The van der Waals surface area contributed by atoms with Crippen LogP contribution in [-0.4, -0.2) is 5.91 Å². The molecule has 0 aliphatic carbocycles. The third kappa shape index (κ3) is 2.88. The lowest BCUT2D eigenvalue weighted by Gasteiger charge is -2.14. The van der Waals surface area contributed by atoms with Crippen LogP contribution in [0.2, 0.25) is 5.02 Å². The van der Waals surface area contributed by atoms with Gasteiger partial charge in [0, 0.05) is 0 Å². The van der Waals surface area contributed by atoms with Crippen molar-refractivity contribution in [2.75, 3.05) is 11.1 Å². The van der Waals surface area contributed by atoms with Crippen molar-refractivity contribution in [3.8, 4) is 0 Å². The topological polar surface area (TPSA) is 55.1 Å². The van der Waals surface area contributed by atoms with Crippen LogP contribution in [0.25, 0.3) is 0 Å². The van der Waals surface area contributed by atoms with Gasteiger partial charge in [-0.05, 0) is 23.6 Å². The number of carbonyl (C=O) groups is 1. The zero-order valence-corrected chi connectivity index (χ0v) is 11.4. The van der Waals surface area contributed by atoms with E-state index >= 15 is 0 Å². The summed E-state index contributed by atoms with van der Waals surface area (Å²) in [6, 6.07) is 4.78. The van der Waals surface area contributed by atoms with Crippen molar-refractivity contribution in [3.05, 3.63) is 45.1 Å². The number of amides is 1. The highest BCUT2D eigenvalue weighted by Gasteiger charge is 2.35. The average molecular weight is 321 g/mol. The van der Waals surface area contributed by atoms with Crippen LogP contribution < -0.4 is 11.1 Å². The van der Waals surface area contributed by atoms with Gasteiger partial charge in [-0.2, -0.15) is 13.2 Å². The highest BCUT2D eigenvalue weighted by Crippen LogP contribution is 2.38. The molecule has 1 aromatic carbocycles. The zero-order chi connectivity index (χ0) is 14.9. The molecule has 8 heteroatoms. The number of thiophene rings is 1. The number of para-hydroxylation sites is 1. The van der Waals surface area contributed by atoms with Crippen molar-refractivity contribution >= 4 is 40.2 Å². The van der Waals surface area contributed by atoms with Crippen LogP contribution in [0.15, 0.2) is 29.6 Å². The Labute approximate surface area is 121 Å². The Balaban J connectivity index is 2.39.